The maximum absolute atomic E-state index is 13.3. The summed E-state index contributed by atoms with van der Waals surface area (Å²) in [5.74, 6) is -0.489. The molecule has 0 atom stereocenters. The first-order chi connectivity index (χ1) is 16.9. The van der Waals surface area contributed by atoms with Crippen molar-refractivity contribution in [3.8, 4) is 11.3 Å². The Morgan fingerprint density at radius 2 is 1.69 bits per heavy atom. The van der Waals surface area contributed by atoms with Gasteiger partial charge in [-0.2, -0.15) is 0 Å². The summed E-state index contributed by atoms with van der Waals surface area (Å²) in [6.45, 7) is 19.2. The highest BCUT2D eigenvalue weighted by molar-refractivity contribution is 6.00. The smallest absolute Gasteiger partial charge is 0.254 e. The monoisotopic (exact) mass is 474 g/mol. The summed E-state index contributed by atoms with van der Waals surface area (Å²) in [4.78, 5) is 21.1. The van der Waals surface area contributed by atoms with Gasteiger partial charge in [0.05, 0.1) is 16.9 Å². The average Bonchev–Trinajstić information content (AvgIpc) is 2.89. The minimum Gasteiger partial charge on any atom is -0.354 e. The van der Waals surface area contributed by atoms with Crippen LogP contribution in [-0.2, 0) is 0 Å². The number of pyridine rings is 2. The fourth-order valence-electron chi connectivity index (χ4n) is 2.84. The molecule has 2 N–H and O–H groups in total. The van der Waals surface area contributed by atoms with E-state index in [2.05, 4.69) is 40.3 Å². The molecule has 0 radical (unpaired) electrons. The molecule has 5 nitrogen and oxygen atoms in total. The third-order valence-electron chi connectivity index (χ3n) is 4.54. The van der Waals surface area contributed by atoms with Crippen LogP contribution in [0.4, 0.5) is 15.8 Å². The predicted octanol–water partition coefficient (Wildman–Crippen LogP) is 7.58. The lowest BCUT2D eigenvalue weighted by atomic mass is 10.0. The van der Waals surface area contributed by atoms with Crippen molar-refractivity contribution in [3.63, 3.8) is 0 Å². The van der Waals surface area contributed by atoms with Gasteiger partial charge in [0.1, 0.15) is 5.82 Å². The number of halogens is 1. The van der Waals surface area contributed by atoms with Crippen molar-refractivity contribution in [2.75, 3.05) is 11.9 Å². The van der Waals surface area contributed by atoms with Gasteiger partial charge in [0, 0.05) is 41.9 Å². The minimum atomic E-state index is -0.301. The Bertz CT molecular complexity index is 1120. The van der Waals surface area contributed by atoms with Crippen LogP contribution in [0.5, 0.6) is 0 Å². The molecule has 2 heterocycles. The first-order valence-corrected chi connectivity index (χ1v) is 11.6. The molecule has 0 bridgehead atoms. The highest BCUT2D eigenvalue weighted by atomic mass is 19.1. The van der Waals surface area contributed by atoms with Gasteiger partial charge in [-0.1, -0.05) is 52.7 Å². The predicted molar refractivity (Wildman–Crippen MR) is 146 cm³/mol. The molecule has 35 heavy (non-hydrogen) atoms. The maximum atomic E-state index is 13.3. The highest BCUT2D eigenvalue weighted by Crippen LogP contribution is 2.30. The Labute approximate surface area is 208 Å². The number of aromatic nitrogens is 2. The SMILES string of the molecule is C=C(C)c1cnc(-c2ccc(F)cc2)cc1Nc1ccncc1C(=O)NCCC.C=CC=C.CC. The largest absolute Gasteiger partial charge is 0.354 e. The zero-order valence-electron chi connectivity index (χ0n) is 21.1. The van der Waals surface area contributed by atoms with Crippen molar-refractivity contribution in [1.82, 2.24) is 15.3 Å². The van der Waals surface area contributed by atoms with E-state index in [4.69, 9.17) is 0 Å². The topological polar surface area (TPSA) is 66.9 Å². The Kier molecular flexibility index (Phi) is 13.0. The maximum Gasteiger partial charge on any atom is 0.254 e. The summed E-state index contributed by atoms with van der Waals surface area (Å²) in [7, 11) is 0. The number of allylic oxidation sites excluding steroid dienone is 3. The van der Waals surface area contributed by atoms with Gasteiger partial charge < -0.3 is 10.6 Å². The standard InChI is InChI=1S/C23H23FN4O.C4H6.C2H6/c1-4-10-26-23(29)19-13-25-11-9-20(19)28-22-12-21(27-14-18(22)15(2)3)16-5-7-17(24)8-6-16;1-3-4-2;1-2/h5-9,11-14H,2,4,10H2,1,3H3,(H,26,29)(H,25,27,28);3-4H,1-2H2;1-2H3. The van der Waals surface area contributed by atoms with Gasteiger partial charge >= 0.3 is 0 Å². The summed E-state index contributed by atoms with van der Waals surface area (Å²) in [5, 5.41) is 6.20. The molecule has 0 aliphatic rings. The molecule has 0 aliphatic heterocycles. The van der Waals surface area contributed by atoms with Crippen molar-refractivity contribution < 1.29 is 9.18 Å². The summed E-state index contributed by atoms with van der Waals surface area (Å²) >= 11 is 0. The van der Waals surface area contributed by atoms with Crippen LogP contribution in [0.1, 0.15) is 50.0 Å². The molecular weight excluding hydrogens is 439 g/mol. The van der Waals surface area contributed by atoms with Gasteiger partial charge in [0.25, 0.3) is 5.91 Å². The summed E-state index contributed by atoms with van der Waals surface area (Å²) in [6, 6.07) is 9.77. The van der Waals surface area contributed by atoms with E-state index in [0.717, 1.165) is 28.8 Å². The number of anilines is 2. The number of hydrogen-bond donors (Lipinski definition) is 2. The zero-order chi connectivity index (χ0) is 26.2. The van der Waals surface area contributed by atoms with Gasteiger partial charge in [-0.3, -0.25) is 14.8 Å². The third-order valence-corrected chi connectivity index (χ3v) is 4.54. The van der Waals surface area contributed by atoms with E-state index < -0.39 is 0 Å². The molecule has 2 aromatic heterocycles. The van der Waals surface area contributed by atoms with E-state index in [-0.39, 0.29) is 11.7 Å². The fraction of sp³-hybridized carbons (Fsp3) is 0.207. The Morgan fingerprint density at radius 1 is 1.03 bits per heavy atom. The van der Waals surface area contributed by atoms with Crippen LogP contribution in [0.25, 0.3) is 16.8 Å². The van der Waals surface area contributed by atoms with Crippen molar-refractivity contribution in [1.29, 1.82) is 0 Å². The lowest BCUT2D eigenvalue weighted by Crippen LogP contribution is -2.25. The molecule has 0 unspecified atom stereocenters. The van der Waals surface area contributed by atoms with Crippen molar-refractivity contribution in [3.05, 3.63) is 104 Å². The summed E-state index contributed by atoms with van der Waals surface area (Å²) < 4.78 is 13.3. The van der Waals surface area contributed by atoms with Gasteiger partial charge in [-0.05, 0) is 55.3 Å². The summed E-state index contributed by atoms with van der Waals surface area (Å²) in [6.07, 6.45) is 9.01. The highest BCUT2D eigenvalue weighted by Gasteiger charge is 2.14. The number of benzene rings is 1. The normalized spacial score (nSPS) is 9.40. The number of hydrogen-bond acceptors (Lipinski definition) is 4. The van der Waals surface area contributed by atoms with Crippen LogP contribution < -0.4 is 10.6 Å². The van der Waals surface area contributed by atoms with E-state index in [9.17, 15) is 9.18 Å². The Hall–Kier alpha value is -4.06. The molecule has 3 aromatic rings. The fourth-order valence-corrected chi connectivity index (χ4v) is 2.84. The molecule has 0 saturated heterocycles. The molecule has 1 aromatic carbocycles. The number of nitrogens with one attached hydrogen (secondary N) is 2. The molecule has 0 fully saturated rings. The molecule has 0 saturated carbocycles. The number of nitrogens with zero attached hydrogens (tertiary/aromatic N) is 2. The molecular formula is C29H35FN4O. The second-order valence-electron chi connectivity index (χ2n) is 7.18. The van der Waals surface area contributed by atoms with Crippen LogP contribution in [0.15, 0.2) is 86.9 Å². The van der Waals surface area contributed by atoms with Gasteiger partial charge in [-0.25, -0.2) is 4.39 Å². The zero-order valence-corrected chi connectivity index (χ0v) is 21.1. The van der Waals surface area contributed by atoms with Crippen LogP contribution in [-0.4, -0.2) is 22.4 Å². The average molecular weight is 475 g/mol. The van der Waals surface area contributed by atoms with Gasteiger partial charge in [-0.15, -0.1) is 0 Å². The minimum absolute atomic E-state index is 0.188. The van der Waals surface area contributed by atoms with Crippen LogP contribution in [0.3, 0.4) is 0 Å². The van der Waals surface area contributed by atoms with Gasteiger partial charge in [0.2, 0.25) is 0 Å². The second-order valence-corrected chi connectivity index (χ2v) is 7.18. The van der Waals surface area contributed by atoms with E-state index >= 15 is 0 Å². The van der Waals surface area contributed by atoms with E-state index in [1.807, 2.05) is 33.8 Å². The first kappa shape index (κ1) is 29.0. The Morgan fingerprint density at radius 3 is 2.26 bits per heavy atom. The first-order valence-electron chi connectivity index (χ1n) is 11.6. The molecule has 0 aliphatic carbocycles. The molecule has 184 valence electrons. The van der Waals surface area contributed by atoms with Gasteiger partial charge in [0.15, 0.2) is 0 Å². The quantitative estimate of drug-likeness (QED) is 0.330. The molecule has 3 rings (SSSR count). The van der Waals surface area contributed by atoms with E-state index in [1.165, 1.54) is 18.3 Å². The van der Waals surface area contributed by atoms with Crippen LogP contribution >= 0.6 is 0 Å². The van der Waals surface area contributed by atoms with Crippen molar-refractivity contribution in [2.24, 2.45) is 0 Å². The van der Waals surface area contributed by atoms with Crippen LogP contribution in [0, 0.1) is 5.82 Å². The number of carbonyl (C=O) groups excluding carboxylic acids is 1. The van der Waals surface area contributed by atoms with Crippen molar-refractivity contribution in [2.45, 2.75) is 34.1 Å². The lowest BCUT2D eigenvalue weighted by Gasteiger charge is -2.16. The number of rotatable bonds is 8. The van der Waals surface area contributed by atoms with Crippen LogP contribution in [0.2, 0.25) is 0 Å². The Balaban J connectivity index is 0.000000926. The van der Waals surface area contributed by atoms with E-state index in [0.29, 0.717) is 23.5 Å². The molecule has 0 spiro atoms. The summed E-state index contributed by atoms with van der Waals surface area (Å²) in [5.41, 5.74) is 4.97. The third kappa shape index (κ3) is 9.01. The van der Waals surface area contributed by atoms with E-state index in [1.54, 1.807) is 42.7 Å². The lowest BCUT2D eigenvalue weighted by molar-refractivity contribution is 0.0954. The molecule has 1 amide bonds. The number of carbonyl (C=O) groups is 1. The second kappa shape index (κ2) is 15.7. The van der Waals surface area contributed by atoms with Crippen molar-refractivity contribution >= 4 is 22.9 Å². The number of amides is 1. The molecule has 6 heteroatoms.